The summed E-state index contributed by atoms with van der Waals surface area (Å²) in [6, 6.07) is 8.34. The van der Waals surface area contributed by atoms with E-state index in [-0.39, 0.29) is 47.6 Å². The number of nitrogens with one attached hydrogen (secondary N) is 2. The van der Waals surface area contributed by atoms with Gasteiger partial charge >= 0.3 is 0 Å². The lowest BCUT2D eigenvalue weighted by molar-refractivity contribution is 0.125. The highest BCUT2D eigenvalue weighted by Crippen LogP contribution is 2.36. The molecule has 3 rings (SSSR count). The van der Waals surface area contributed by atoms with E-state index in [1.165, 1.54) is 5.56 Å². The van der Waals surface area contributed by atoms with Crippen LogP contribution in [0.1, 0.15) is 37.8 Å². The van der Waals surface area contributed by atoms with Gasteiger partial charge in [-0.25, -0.2) is 8.42 Å². The van der Waals surface area contributed by atoms with E-state index in [0.717, 1.165) is 31.0 Å². The van der Waals surface area contributed by atoms with Crippen molar-refractivity contribution in [2.75, 3.05) is 38.2 Å². The van der Waals surface area contributed by atoms with Gasteiger partial charge in [-0.1, -0.05) is 23.7 Å². The van der Waals surface area contributed by atoms with Crippen LogP contribution >= 0.6 is 35.6 Å². The number of halogens is 2. The van der Waals surface area contributed by atoms with Gasteiger partial charge in [0.2, 0.25) is 0 Å². The van der Waals surface area contributed by atoms with Crippen molar-refractivity contribution in [2.24, 2.45) is 10.9 Å². The first-order valence-corrected chi connectivity index (χ1v) is 12.3. The molecule has 0 amide bonds. The molecule has 6 nitrogen and oxygen atoms in total. The number of sulfone groups is 1. The van der Waals surface area contributed by atoms with E-state index >= 15 is 0 Å². The molecule has 2 N–H and O–H groups in total. The quantitative estimate of drug-likeness (QED) is 0.333. The molecule has 1 aromatic rings. The summed E-state index contributed by atoms with van der Waals surface area (Å²) >= 11 is 6.23. The maximum absolute atomic E-state index is 11.7. The number of likely N-dealkylation sites (tertiary alicyclic amines) is 1. The van der Waals surface area contributed by atoms with Crippen molar-refractivity contribution in [1.29, 1.82) is 0 Å². The molecule has 0 saturated carbocycles. The molecule has 0 aromatic heterocycles. The Labute approximate surface area is 196 Å². The van der Waals surface area contributed by atoms with Crippen LogP contribution in [0.15, 0.2) is 29.3 Å². The lowest BCUT2D eigenvalue weighted by Crippen LogP contribution is -2.44. The third-order valence-corrected chi connectivity index (χ3v) is 7.60. The van der Waals surface area contributed by atoms with E-state index in [1.54, 1.807) is 0 Å². The summed E-state index contributed by atoms with van der Waals surface area (Å²) in [5.74, 6) is 1.55. The Morgan fingerprint density at radius 2 is 2.14 bits per heavy atom. The van der Waals surface area contributed by atoms with Gasteiger partial charge in [0, 0.05) is 30.2 Å². The maximum Gasteiger partial charge on any atom is 0.191 e. The second-order valence-corrected chi connectivity index (χ2v) is 10.5. The number of rotatable bonds is 5. The SMILES string of the molecule is CCNC(=NCC1CCCN(C)C1c1cccc(Cl)c1)NC1CCS(=O)(=O)C1.I. The fourth-order valence-electron chi connectivity index (χ4n) is 4.30. The van der Waals surface area contributed by atoms with Crippen molar-refractivity contribution in [3.63, 3.8) is 0 Å². The molecule has 0 spiro atoms. The van der Waals surface area contributed by atoms with E-state index < -0.39 is 9.84 Å². The Bertz CT molecular complexity index is 805. The smallest absolute Gasteiger partial charge is 0.191 e. The topological polar surface area (TPSA) is 73.8 Å². The maximum atomic E-state index is 11.7. The summed E-state index contributed by atoms with van der Waals surface area (Å²) in [4.78, 5) is 7.21. The van der Waals surface area contributed by atoms with Crippen molar-refractivity contribution < 1.29 is 8.42 Å². The van der Waals surface area contributed by atoms with Gasteiger partial charge in [0.15, 0.2) is 15.8 Å². The van der Waals surface area contributed by atoms with E-state index in [4.69, 9.17) is 16.6 Å². The average Bonchev–Trinajstić information content (AvgIpc) is 2.98. The Morgan fingerprint density at radius 1 is 1.34 bits per heavy atom. The van der Waals surface area contributed by atoms with Crippen LogP contribution in [0.3, 0.4) is 0 Å². The monoisotopic (exact) mass is 554 g/mol. The van der Waals surface area contributed by atoms with Crippen molar-refractivity contribution in [2.45, 2.75) is 38.3 Å². The minimum atomic E-state index is -2.91. The Kier molecular flexibility index (Phi) is 9.50. The van der Waals surface area contributed by atoms with Gasteiger partial charge in [0.1, 0.15) is 0 Å². The van der Waals surface area contributed by atoms with Crippen molar-refractivity contribution in [3.8, 4) is 0 Å². The number of hydrogen-bond acceptors (Lipinski definition) is 4. The summed E-state index contributed by atoms with van der Waals surface area (Å²) in [5, 5.41) is 7.33. The predicted molar refractivity (Wildman–Crippen MR) is 131 cm³/mol. The fourth-order valence-corrected chi connectivity index (χ4v) is 6.17. The molecule has 0 bridgehead atoms. The van der Waals surface area contributed by atoms with Gasteiger partial charge in [-0.05, 0) is 63.4 Å². The first kappa shape index (κ1) is 24.7. The molecule has 3 unspecified atom stereocenters. The number of nitrogens with zero attached hydrogens (tertiary/aromatic N) is 2. The molecule has 2 saturated heterocycles. The van der Waals surface area contributed by atoms with Crippen LogP contribution in [0.2, 0.25) is 5.02 Å². The summed E-state index contributed by atoms with van der Waals surface area (Å²) in [6.45, 7) is 4.52. The summed E-state index contributed by atoms with van der Waals surface area (Å²) in [7, 11) is -0.751. The molecule has 9 heteroatoms. The first-order valence-electron chi connectivity index (χ1n) is 10.1. The Hall–Kier alpha value is -0.580. The molecule has 164 valence electrons. The predicted octanol–water partition coefficient (Wildman–Crippen LogP) is 3.08. The van der Waals surface area contributed by atoms with Crippen LogP contribution in [0.5, 0.6) is 0 Å². The molecule has 29 heavy (non-hydrogen) atoms. The molecule has 3 atom stereocenters. The van der Waals surface area contributed by atoms with E-state index in [2.05, 4.69) is 34.7 Å². The van der Waals surface area contributed by atoms with E-state index in [1.807, 2.05) is 19.1 Å². The zero-order chi connectivity index (χ0) is 20.1. The Morgan fingerprint density at radius 3 is 2.79 bits per heavy atom. The van der Waals surface area contributed by atoms with Gasteiger partial charge < -0.3 is 10.6 Å². The van der Waals surface area contributed by atoms with Crippen molar-refractivity contribution in [1.82, 2.24) is 15.5 Å². The molecule has 2 fully saturated rings. The van der Waals surface area contributed by atoms with Crippen LogP contribution in [-0.2, 0) is 9.84 Å². The molecule has 2 aliphatic rings. The van der Waals surface area contributed by atoms with Crippen molar-refractivity contribution >= 4 is 51.4 Å². The average molecular weight is 555 g/mol. The highest BCUT2D eigenvalue weighted by atomic mass is 127. The highest BCUT2D eigenvalue weighted by molar-refractivity contribution is 14.0. The van der Waals surface area contributed by atoms with Crippen LogP contribution in [0.25, 0.3) is 0 Å². The summed E-state index contributed by atoms with van der Waals surface area (Å²) < 4.78 is 23.5. The van der Waals surface area contributed by atoms with Gasteiger partial charge in [-0.15, -0.1) is 24.0 Å². The third kappa shape index (κ3) is 6.97. The van der Waals surface area contributed by atoms with Crippen LogP contribution in [0.4, 0.5) is 0 Å². The van der Waals surface area contributed by atoms with Gasteiger partial charge in [0.25, 0.3) is 0 Å². The van der Waals surface area contributed by atoms with Crippen LogP contribution < -0.4 is 10.6 Å². The number of hydrogen-bond donors (Lipinski definition) is 2. The molecule has 0 aliphatic carbocycles. The zero-order valence-electron chi connectivity index (χ0n) is 17.1. The second-order valence-electron chi connectivity index (χ2n) is 7.85. The van der Waals surface area contributed by atoms with Crippen LogP contribution in [-0.4, -0.2) is 63.5 Å². The van der Waals surface area contributed by atoms with Gasteiger partial charge in [0.05, 0.1) is 11.5 Å². The zero-order valence-corrected chi connectivity index (χ0v) is 21.0. The molecule has 1 aromatic carbocycles. The Balaban J connectivity index is 0.00000300. The van der Waals surface area contributed by atoms with E-state index in [9.17, 15) is 8.42 Å². The third-order valence-electron chi connectivity index (χ3n) is 5.60. The second kappa shape index (κ2) is 11.2. The van der Waals surface area contributed by atoms with Gasteiger partial charge in [-0.3, -0.25) is 9.89 Å². The van der Waals surface area contributed by atoms with Crippen LogP contribution in [0, 0.1) is 5.92 Å². The van der Waals surface area contributed by atoms with Gasteiger partial charge in [-0.2, -0.15) is 0 Å². The normalized spacial score (nSPS) is 27.3. The first-order chi connectivity index (χ1) is 13.4. The minimum Gasteiger partial charge on any atom is -0.357 e. The number of benzene rings is 1. The van der Waals surface area contributed by atoms with E-state index in [0.29, 0.717) is 24.8 Å². The molecule has 2 aliphatic heterocycles. The number of guanidine groups is 1. The summed E-state index contributed by atoms with van der Waals surface area (Å²) in [5.41, 5.74) is 1.23. The molecular formula is C20H32ClIN4O2S. The molecular weight excluding hydrogens is 523 g/mol. The highest BCUT2D eigenvalue weighted by Gasteiger charge is 2.31. The lowest BCUT2D eigenvalue weighted by Gasteiger charge is -2.39. The lowest BCUT2D eigenvalue weighted by atomic mass is 9.85. The fraction of sp³-hybridized carbons (Fsp3) is 0.650. The minimum absolute atomic E-state index is 0. The number of aliphatic imine (C=N–C) groups is 1. The molecule has 2 heterocycles. The standard InChI is InChI=1S/C20H31ClN4O2S.HI/c1-3-22-20(24-18-9-11-28(26,27)14-18)23-13-16-7-5-10-25(2)19(16)15-6-4-8-17(21)12-15;/h4,6,8,12,16,18-19H,3,5,7,9-11,13-14H2,1-2H3,(H2,22,23,24);1H. The number of piperidine rings is 1. The molecule has 0 radical (unpaired) electrons. The summed E-state index contributed by atoms with van der Waals surface area (Å²) in [6.07, 6.45) is 2.91. The largest absolute Gasteiger partial charge is 0.357 e. The van der Waals surface area contributed by atoms with Crippen molar-refractivity contribution in [3.05, 3.63) is 34.9 Å².